The first-order valence-electron chi connectivity index (χ1n) is 5.92. The summed E-state index contributed by atoms with van der Waals surface area (Å²) in [7, 11) is 0. The fraction of sp³-hybridized carbons (Fsp3) is 0.846. The molecule has 0 spiro atoms. The Hall–Kier alpha value is -0.260. The lowest BCUT2D eigenvalue weighted by Crippen LogP contribution is -2.22. The predicted octanol–water partition coefficient (Wildman–Crippen LogP) is 4.02. The maximum Gasteiger partial charge on any atom is -0.0322 e. The van der Waals surface area contributed by atoms with Crippen LogP contribution in [0.3, 0.4) is 0 Å². The summed E-state index contributed by atoms with van der Waals surface area (Å²) in [5.41, 5.74) is 0. The lowest BCUT2D eigenvalue weighted by Gasteiger charge is -2.32. The van der Waals surface area contributed by atoms with Crippen LogP contribution in [0.2, 0.25) is 0 Å². The predicted molar refractivity (Wildman–Crippen MR) is 57.5 cm³/mol. The van der Waals surface area contributed by atoms with Crippen LogP contribution < -0.4 is 0 Å². The minimum atomic E-state index is 0.995. The molecule has 2 saturated carbocycles. The molecule has 0 aliphatic heterocycles. The summed E-state index contributed by atoms with van der Waals surface area (Å²) in [5, 5.41) is 0. The van der Waals surface area contributed by atoms with E-state index in [9.17, 15) is 0 Å². The molecule has 0 N–H and O–H groups in total. The van der Waals surface area contributed by atoms with Crippen molar-refractivity contribution < 1.29 is 0 Å². The number of hydrogen-bond donors (Lipinski definition) is 0. The van der Waals surface area contributed by atoms with Crippen molar-refractivity contribution in [3.63, 3.8) is 0 Å². The Morgan fingerprint density at radius 3 is 2.85 bits per heavy atom. The molecule has 13 heavy (non-hydrogen) atoms. The Morgan fingerprint density at radius 2 is 2.08 bits per heavy atom. The fourth-order valence-electron chi connectivity index (χ4n) is 3.62. The Bertz CT molecular complexity index is 182. The van der Waals surface area contributed by atoms with Crippen molar-refractivity contribution >= 4 is 0 Å². The van der Waals surface area contributed by atoms with Crippen LogP contribution in [0.1, 0.15) is 45.4 Å². The van der Waals surface area contributed by atoms with Gasteiger partial charge in [-0.1, -0.05) is 19.4 Å². The van der Waals surface area contributed by atoms with Crippen LogP contribution in [0, 0.1) is 23.7 Å². The molecule has 0 heteroatoms. The molecular weight excluding hydrogens is 156 g/mol. The maximum atomic E-state index is 3.88. The van der Waals surface area contributed by atoms with E-state index in [0.717, 1.165) is 23.7 Å². The van der Waals surface area contributed by atoms with E-state index in [-0.39, 0.29) is 0 Å². The lowest BCUT2D eigenvalue weighted by molar-refractivity contribution is 0.186. The van der Waals surface area contributed by atoms with E-state index in [1.165, 1.54) is 38.5 Å². The molecule has 0 radical (unpaired) electrons. The molecular formula is C13H22. The largest absolute Gasteiger partial charge is 0.103 e. The molecule has 2 rings (SSSR count). The van der Waals surface area contributed by atoms with Gasteiger partial charge in [-0.05, 0) is 55.8 Å². The first-order chi connectivity index (χ1) is 6.31. The van der Waals surface area contributed by atoms with Crippen LogP contribution in [-0.4, -0.2) is 0 Å². The van der Waals surface area contributed by atoms with Crippen LogP contribution in [0.4, 0.5) is 0 Å². The second-order valence-electron chi connectivity index (χ2n) is 5.20. The van der Waals surface area contributed by atoms with Gasteiger partial charge in [0.25, 0.3) is 0 Å². The zero-order valence-corrected chi connectivity index (χ0v) is 8.84. The highest BCUT2D eigenvalue weighted by atomic mass is 14.4. The SMILES string of the molecule is C=CCC1CCC2CC(C)CCC12. The second-order valence-corrected chi connectivity index (χ2v) is 5.20. The first-order valence-corrected chi connectivity index (χ1v) is 5.92. The average Bonchev–Trinajstić information content (AvgIpc) is 2.49. The van der Waals surface area contributed by atoms with Crippen molar-refractivity contribution in [2.45, 2.75) is 45.4 Å². The third-order valence-electron chi connectivity index (χ3n) is 4.29. The number of allylic oxidation sites excluding steroid dienone is 1. The molecule has 0 heterocycles. The summed E-state index contributed by atoms with van der Waals surface area (Å²) in [4.78, 5) is 0. The normalized spacial score (nSPS) is 44.4. The average molecular weight is 178 g/mol. The maximum absolute atomic E-state index is 3.88. The van der Waals surface area contributed by atoms with E-state index < -0.39 is 0 Å². The standard InChI is InChI=1S/C13H22/c1-3-4-11-6-7-12-9-10(2)5-8-13(11)12/h3,10-13H,1,4-9H2,2H3. The molecule has 0 aromatic heterocycles. The van der Waals surface area contributed by atoms with E-state index >= 15 is 0 Å². The van der Waals surface area contributed by atoms with E-state index in [4.69, 9.17) is 0 Å². The molecule has 4 unspecified atom stereocenters. The molecule has 0 bridgehead atoms. The van der Waals surface area contributed by atoms with Gasteiger partial charge in [-0.3, -0.25) is 0 Å². The molecule has 2 aliphatic carbocycles. The van der Waals surface area contributed by atoms with Crippen LogP contribution in [0.5, 0.6) is 0 Å². The Balaban J connectivity index is 1.96. The second kappa shape index (κ2) is 3.86. The molecule has 2 fully saturated rings. The van der Waals surface area contributed by atoms with E-state index in [1.807, 2.05) is 0 Å². The summed E-state index contributed by atoms with van der Waals surface area (Å²) >= 11 is 0. The van der Waals surface area contributed by atoms with Crippen molar-refractivity contribution in [3.8, 4) is 0 Å². The third kappa shape index (κ3) is 1.82. The monoisotopic (exact) mass is 178 g/mol. The van der Waals surface area contributed by atoms with Crippen molar-refractivity contribution in [1.82, 2.24) is 0 Å². The van der Waals surface area contributed by atoms with E-state index in [2.05, 4.69) is 19.6 Å². The van der Waals surface area contributed by atoms with Gasteiger partial charge in [0.15, 0.2) is 0 Å². The topological polar surface area (TPSA) is 0 Å². The Morgan fingerprint density at radius 1 is 1.23 bits per heavy atom. The smallest absolute Gasteiger partial charge is 0.0322 e. The highest BCUT2D eigenvalue weighted by Gasteiger charge is 2.38. The van der Waals surface area contributed by atoms with Crippen LogP contribution in [-0.2, 0) is 0 Å². The molecule has 4 atom stereocenters. The summed E-state index contributed by atoms with van der Waals surface area (Å²) < 4.78 is 0. The van der Waals surface area contributed by atoms with Crippen LogP contribution in [0.15, 0.2) is 12.7 Å². The summed E-state index contributed by atoms with van der Waals surface area (Å²) in [6.07, 6.45) is 10.9. The lowest BCUT2D eigenvalue weighted by atomic mass is 9.73. The third-order valence-corrected chi connectivity index (χ3v) is 4.29. The van der Waals surface area contributed by atoms with Gasteiger partial charge < -0.3 is 0 Å². The summed E-state index contributed by atoms with van der Waals surface area (Å²) in [6, 6.07) is 0. The highest BCUT2D eigenvalue weighted by Crippen LogP contribution is 2.48. The van der Waals surface area contributed by atoms with E-state index in [1.54, 1.807) is 0 Å². The Kier molecular flexibility index (Phi) is 2.76. The molecule has 74 valence electrons. The van der Waals surface area contributed by atoms with Crippen molar-refractivity contribution in [2.24, 2.45) is 23.7 Å². The van der Waals surface area contributed by atoms with Gasteiger partial charge in [0.2, 0.25) is 0 Å². The Labute approximate surface area is 82.4 Å². The molecule has 0 aromatic rings. The zero-order valence-electron chi connectivity index (χ0n) is 8.84. The fourth-order valence-corrected chi connectivity index (χ4v) is 3.62. The van der Waals surface area contributed by atoms with Crippen molar-refractivity contribution in [3.05, 3.63) is 12.7 Å². The van der Waals surface area contributed by atoms with E-state index in [0.29, 0.717) is 0 Å². The number of hydrogen-bond acceptors (Lipinski definition) is 0. The highest BCUT2D eigenvalue weighted by molar-refractivity contribution is 4.91. The number of rotatable bonds is 2. The van der Waals surface area contributed by atoms with Gasteiger partial charge >= 0.3 is 0 Å². The first kappa shape index (κ1) is 9.30. The van der Waals surface area contributed by atoms with Crippen LogP contribution in [0.25, 0.3) is 0 Å². The summed E-state index contributed by atoms with van der Waals surface area (Å²) in [5.74, 6) is 4.14. The van der Waals surface area contributed by atoms with Gasteiger partial charge in [0, 0.05) is 0 Å². The van der Waals surface area contributed by atoms with Gasteiger partial charge in [0.1, 0.15) is 0 Å². The minimum absolute atomic E-state index is 0.995. The summed E-state index contributed by atoms with van der Waals surface area (Å²) in [6.45, 7) is 6.30. The van der Waals surface area contributed by atoms with Gasteiger partial charge in [-0.25, -0.2) is 0 Å². The molecule has 0 nitrogen and oxygen atoms in total. The number of fused-ring (bicyclic) bond motifs is 1. The molecule has 0 aromatic carbocycles. The van der Waals surface area contributed by atoms with Crippen LogP contribution >= 0.6 is 0 Å². The van der Waals surface area contributed by atoms with Crippen molar-refractivity contribution in [2.75, 3.05) is 0 Å². The minimum Gasteiger partial charge on any atom is -0.103 e. The van der Waals surface area contributed by atoms with Gasteiger partial charge in [-0.2, -0.15) is 0 Å². The molecule has 0 amide bonds. The molecule has 0 saturated heterocycles. The molecule has 2 aliphatic rings. The van der Waals surface area contributed by atoms with Gasteiger partial charge in [0.05, 0.1) is 0 Å². The quantitative estimate of drug-likeness (QED) is 0.560. The zero-order chi connectivity index (χ0) is 9.26. The van der Waals surface area contributed by atoms with Gasteiger partial charge in [-0.15, -0.1) is 6.58 Å². The van der Waals surface area contributed by atoms with Crippen molar-refractivity contribution in [1.29, 1.82) is 0 Å².